The van der Waals surface area contributed by atoms with Crippen molar-refractivity contribution >= 4 is 53.8 Å². The van der Waals surface area contributed by atoms with Crippen LogP contribution >= 0.6 is 12.7 Å². The van der Waals surface area contributed by atoms with Crippen LogP contribution in [0.25, 0.3) is 0 Å². The smallest absolute Gasteiger partial charge is 0.215 e. The van der Waals surface area contributed by atoms with Gasteiger partial charge in [-0.3, -0.25) is 18.7 Å². The number of nitrogens with zero attached hydrogens (tertiary/aromatic N) is 9. The highest BCUT2D eigenvalue weighted by molar-refractivity contribution is 8.16. The van der Waals surface area contributed by atoms with Crippen LogP contribution in [-0.2, 0) is 23.6 Å². The van der Waals surface area contributed by atoms with Gasteiger partial charge in [0, 0.05) is 66.5 Å². The van der Waals surface area contributed by atoms with Crippen LogP contribution in [0.5, 0.6) is 0 Å². The molecule has 1 heterocycles. The molecule has 198 valence electrons. The second-order valence-corrected chi connectivity index (χ2v) is 16.2. The van der Waals surface area contributed by atoms with Gasteiger partial charge in [-0.15, -0.1) is 10.2 Å². The fourth-order valence-corrected chi connectivity index (χ4v) is 13.6. The average Bonchev–Trinajstić information content (AvgIpc) is 3.25. The zero-order chi connectivity index (χ0) is 26.1. The Morgan fingerprint density at radius 1 is 0.647 bits per heavy atom. The Hall–Kier alpha value is -0.250. The summed E-state index contributed by atoms with van der Waals surface area (Å²) in [6.45, 7) is 24.0. The monoisotopic (exact) mass is 551 g/mol. The molecule has 0 radical (unpaired) electrons. The van der Waals surface area contributed by atoms with Crippen LogP contribution in [0.2, 0.25) is 0 Å². The van der Waals surface area contributed by atoms with Crippen molar-refractivity contribution in [2.75, 3.05) is 66.5 Å². The summed E-state index contributed by atoms with van der Waals surface area (Å²) in [6, 6.07) is 0. The Labute approximate surface area is 218 Å². The van der Waals surface area contributed by atoms with E-state index >= 15 is 0 Å². The van der Waals surface area contributed by atoms with Crippen LogP contribution in [0.3, 0.4) is 0 Å². The molecule has 9 nitrogen and oxygen atoms in total. The molecule has 0 N–H and O–H groups in total. The maximum absolute atomic E-state index is 6.56. The standard InChI is InChI=1S/C21H47N9P2S2/c1-11-26(12-2)31(33,27(13-3)14-4)20-23-24-21(30(20)22-19-25(9)10)32(34,28(15-5)16-6)29(17-7)18-8/h19H,11-18H2,1-10H3. The minimum atomic E-state index is -2.44. The van der Waals surface area contributed by atoms with Crippen molar-refractivity contribution in [1.29, 1.82) is 0 Å². The van der Waals surface area contributed by atoms with Crippen LogP contribution < -0.4 is 11.1 Å². The minimum Gasteiger partial charge on any atom is -0.367 e. The summed E-state index contributed by atoms with van der Waals surface area (Å²) >= 11 is 13.1. The third-order valence-electron chi connectivity index (χ3n) is 5.98. The lowest BCUT2D eigenvalue weighted by Crippen LogP contribution is -2.43. The van der Waals surface area contributed by atoms with Crippen molar-refractivity contribution in [3.63, 3.8) is 0 Å². The van der Waals surface area contributed by atoms with Crippen molar-refractivity contribution in [3.8, 4) is 0 Å². The van der Waals surface area contributed by atoms with E-state index in [0.717, 1.165) is 63.5 Å². The summed E-state index contributed by atoms with van der Waals surface area (Å²) in [6.07, 6.45) is -3.09. The summed E-state index contributed by atoms with van der Waals surface area (Å²) < 4.78 is 11.4. The van der Waals surface area contributed by atoms with Gasteiger partial charge in [-0.1, -0.05) is 79.0 Å². The first-order valence-corrected chi connectivity index (χ1v) is 17.9. The van der Waals surface area contributed by atoms with Gasteiger partial charge in [-0.2, -0.15) is 9.78 Å². The second-order valence-electron chi connectivity index (χ2n) is 7.95. The van der Waals surface area contributed by atoms with E-state index in [1.807, 2.05) is 23.7 Å². The quantitative estimate of drug-likeness (QED) is 0.175. The zero-order valence-corrected chi connectivity index (χ0v) is 26.4. The second kappa shape index (κ2) is 14.5. The van der Waals surface area contributed by atoms with E-state index < -0.39 is 12.7 Å². The van der Waals surface area contributed by atoms with Gasteiger partial charge in [0.15, 0.2) is 0 Å². The lowest BCUT2D eigenvalue weighted by Gasteiger charge is -2.41. The van der Waals surface area contributed by atoms with E-state index in [0.29, 0.717) is 0 Å². The predicted molar refractivity (Wildman–Crippen MR) is 157 cm³/mol. The molecule has 1 aromatic heterocycles. The third kappa shape index (κ3) is 6.17. The molecule has 34 heavy (non-hydrogen) atoms. The topological polar surface area (TPSA) is 59.3 Å². The van der Waals surface area contributed by atoms with Crippen molar-refractivity contribution in [2.45, 2.75) is 55.4 Å². The highest BCUT2D eigenvalue weighted by atomic mass is 32.4. The maximum Gasteiger partial charge on any atom is 0.215 e. The molecule has 0 spiro atoms. The summed E-state index contributed by atoms with van der Waals surface area (Å²) in [7, 11) is 3.92. The number of aromatic nitrogens is 3. The molecule has 0 aliphatic rings. The van der Waals surface area contributed by atoms with E-state index in [-0.39, 0.29) is 0 Å². The Morgan fingerprint density at radius 3 is 1.12 bits per heavy atom. The first-order valence-electron chi connectivity index (χ1n) is 12.5. The van der Waals surface area contributed by atoms with Crippen molar-refractivity contribution < 1.29 is 0 Å². The van der Waals surface area contributed by atoms with Crippen molar-refractivity contribution in [1.82, 2.24) is 38.5 Å². The molecule has 0 aliphatic carbocycles. The Morgan fingerprint density at radius 2 is 0.912 bits per heavy atom. The molecule has 0 atom stereocenters. The molecule has 0 saturated carbocycles. The lowest BCUT2D eigenvalue weighted by molar-refractivity contribution is 0.424. The van der Waals surface area contributed by atoms with Gasteiger partial charge in [0.05, 0.1) is 0 Å². The van der Waals surface area contributed by atoms with Crippen LogP contribution in [0.4, 0.5) is 0 Å². The van der Waals surface area contributed by atoms with Gasteiger partial charge in [-0.05, 0) is 0 Å². The molecule has 0 aliphatic heterocycles. The van der Waals surface area contributed by atoms with Gasteiger partial charge in [0.2, 0.25) is 11.1 Å². The van der Waals surface area contributed by atoms with Crippen molar-refractivity contribution in [3.05, 3.63) is 0 Å². The molecule has 0 bridgehead atoms. The fourth-order valence-electron chi connectivity index (χ4n) is 4.18. The Kier molecular flexibility index (Phi) is 13.5. The SMILES string of the molecule is CCN(CC)P(=S)(c1nnc(P(=S)(N(CC)CC)N(CC)CC)n1N=CN(C)C)N(CC)CC. The fraction of sp³-hybridized carbons (Fsp3) is 0.857. The normalized spacial score (nSPS) is 13.4. The van der Waals surface area contributed by atoms with E-state index in [2.05, 4.69) is 74.1 Å². The van der Waals surface area contributed by atoms with Gasteiger partial charge in [-0.25, -0.2) is 0 Å². The van der Waals surface area contributed by atoms with Gasteiger partial charge in [0.25, 0.3) is 0 Å². The molecule has 0 fully saturated rings. The zero-order valence-electron chi connectivity index (χ0n) is 23.0. The molecular formula is C21H47N9P2S2. The number of rotatable bonds is 16. The average molecular weight is 552 g/mol. The molecule has 13 heteroatoms. The molecule has 0 aromatic carbocycles. The number of hydrogen-bond donors (Lipinski definition) is 0. The Balaban J connectivity index is 4.13. The van der Waals surface area contributed by atoms with Crippen LogP contribution in [-0.4, -0.2) is 111 Å². The van der Waals surface area contributed by atoms with Gasteiger partial charge < -0.3 is 4.90 Å². The molecular weight excluding hydrogens is 504 g/mol. The Bertz CT molecular complexity index is 767. The van der Waals surface area contributed by atoms with Crippen LogP contribution in [0.1, 0.15) is 55.4 Å². The molecule has 1 aromatic rings. The summed E-state index contributed by atoms with van der Waals surface area (Å²) in [5.41, 5.74) is 1.49. The van der Waals surface area contributed by atoms with Crippen LogP contribution in [0, 0.1) is 0 Å². The lowest BCUT2D eigenvalue weighted by atomic mass is 10.7. The minimum absolute atomic E-state index is 0.747. The van der Waals surface area contributed by atoms with E-state index in [4.69, 9.17) is 38.9 Å². The summed E-state index contributed by atoms with van der Waals surface area (Å²) in [5, 5.41) is 14.5. The first kappa shape index (κ1) is 31.8. The van der Waals surface area contributed by atoms with E-state index in [1.54, 1.807) is 6.34 Å². The summed E-state index contributed by atoms with van der Waals surface area (Å²) in [4.78, 5) is 1.92. The van der Waals surface area contributed by atoms with E-state index in [9.17, 15) is 0 Å². The van der Waals surface area contributed by atoms with Gasteiger partial charge in [0.1, 0.15) is 19.0 Å². The highest BCUT2D eigenvalue weighted by Crippen LogP contribution is 2.54. The number of hydrogen-bond acceptors (Lipinski definition) is 5. The predicted octanol–water partition coefficient (Wildman–Crippen LogP) is 2.87. The molecule has 0 saturated heterocycles. The van der Waals surface area contributed by atoms with E-state index in [1.165, 1.54) is 0 Å². The van der Waals surface area contributed by atoms with Gasteiger partial charge >= 0.3 is 0 Å². The first-order chi connectivity index (χ1) is 16.1. The maximum atomic E-state index is 6.56. The largest absolute Gasteiger partial charge is 0.367 e. The van der Waals surface area contributed by atoms with Crippen molar-refractivity contribution in [2.24, 2.45) is 5.10 Å². The summed E-state index contributed by atoms with van der Waals surface area (Å²) in [5.74, 6) is 0. The molecule has 0 amide bonds. The third-order valence-corrected chi connectivity index (χ3v) is 16.7. The molecule has 1 rings (SSSR count). The van der Waals surface area contributed by atoms with Crippen LogP contribution in [0.15, 0.2) is 5.10 Å². The molecule has 0 unspecified atom stereocenters. The highest BCUT2D eigenvalue weighted by Gasteiger charge is 2.42.